The van der Waals surface area contributed by atoms with E-state index in [-0.39, 0.29) is 28.7 Å². The molecule has 1 aromatic rings. The smallest absolute Gasteiger partial charge is 0.228 e. The Bertz CT molecular complexity index is 775. The summed E-state index contributed by atoms with van der Waals surface area (Å²) in [6.07, 6.45) is 2.04. The maximum atomic E-state index is 12.6. The molecule has 1 heterocycles. The Hall–Kier alpha value is -1.60. The van der Waals surface area contributed by atoms with Crippen LogP contribution in [0.5, 0.6) is 5.75 Å². The average Bonchev–Trinajstić information content (AvgIpc) is 3.27. The Kier molecular flexibility index (Phi) is 5.30. The summed E-state index contributed by atoms with van der Waals surface area (Å²) in [6.45, 7) is 3.41. The number of nitrogens with zero attached hydrogens (tertiary/aromatic N) is 1. The van der Waals surface area contributed by atoms with E-state index in [4.69, 9.17) is 4.74 Å². The zero-order chi connectivity index (χ0) is 18.9. The number of amides is 1. The summed E-state index contributed by atoms with van der Waals surface area (Å²) >= 11 is 0. The highest BCUT2D eigenvalue weighted by atomic mass is 32.2. The minimum atomic E-state index is -2.90. The van der Waals surface area contributed by atoms with Gasteiger partial charge < -0.3 is 15.0 Å². The van der Waals surface area contributed by atoms with Gasteiger partial charge in [0.2, 0.25) is 5.91 Å². The lowest BCUT2D eigenvalue weighted by atomic mass is 9.96. The largest absolute Gasteiger partial charge is 0.492 e. The quantitative estimate of drug-likeness (QED) is 0.818. The molecule has 3 rings (SSSR count). The van der Waals surface area contributed by atoms with Crippen molar-refractivity contribution >= 4 is 21.4 Å². The Labute approximate surface area is 155 Å². The molecule has 1 saturated heterocycles. The minimum absolute atomic E-state index is 0.00803. The van der Waals surface area contributed by atoms with Crippen molar-refractivity contribution < 1.29 is 17.9 Å². The van der Waals surface area contributed by atoms with Gasteiger partial charge in [-0.15, -0.1) is 0 Å². The third-order valence-corrected chi connectivity index (χ3v) is 7.24. The Morgan fingerprint density at radius 3 is 2.62 bits per heavy atom. The van der Waals surface area contributed by atoms with Gasteiger partial charge in [0.1, 0.15) is 22.2 Å². The summed E-state index contributed by atoms with van der Waals surface area (Å²) in [5.41, 5.74) is 1.67. The summed E-state index contributed by atoms with van der Waals surface area (Å²) in [7, 11) is 1.10. The van der Waals surface area contributed by atoms with Gasteiger partial charge in [0.15, 0.2) is 0 Å². The molecule has 1 aliphatic carbocycles. The van der Waals surface area contributed by atoms with Crippen molar-refractivity contribution in [2.24, 2.45) is 11.3 Å². The van der Waals surface area contributed by atoms with Crippen molar-refractivity contribution in [2.45, 2.75) is 26.2 Å². The van der Waals surface area contributed by atoms with E-state index in [2.05, 4.69) is 10.2 Å². The molecule has 0 aromatic heterocycles. The summed E-state index contributed by atoms with van der Waals surface area (Å²) < 4.78 is 28.9. The molecule has 1 atom stereocenters. The highest BCUT2D eigenvalue weighted by molar-refractivity contribution is 7.91. The van der Waals surface area contributed by atoms with E-state index in [9.17, 15) is 13.2 Å². The van der Waals surface area contributed by atoms with E-state index >= 15 is 0 Å². The van der Waals surface area contributed by atoms with Gasteiger partial charge in [-0.2, -0.15) is 0 Å². The summed E-state index contributed by atoms with van der Waals surface area (Å²) in [5, 5.41) is 3.01. The molecule has 2 fully saturated rings. The van der Waals surface area contributed by atoms with E-state index in [0.29, 0.717) is 19.4 Å². The van der Waals surface area contributed by atoms with Gasteiger partial charge in [0.05, 0.1) is 11.5 Å². The standard InChI is InChI=1S/C19H28N2O4S/c1-14-12-15(25-9-8-21(2)3)4-5-17(14)20-18(22)16-13-19(16)6-10-26(23,24)11-7-19/h4-5,12,16H,6-11,13H2,1-3H3,(H,20,22). The first kappa shape index (κ1) is 19.2. The molecule has 0 radical (unpaired) electrons. The predicted octanol–water partition coefficient (Wildman–Crippen LogP) is 2.09. The van der Waals surface area contributed by atoms with E-state index in [0.717, 1.165) is 30.0 Å². The average molecular weight is 381 g/mol. The number of aryl methyl sites for hydroxylation is 1. The third-order valence-electron chi connectivity index (χ3n) is 5.59. The van der Waals surface area contributed by atoms with Crippen molar-refractivity contribution in [3.8, 4) is 5.75 Å². The van der Waals surface area contributed by atoms with Crippen LogP contribution in [0.25, 0.3) is 0 Å². The lowest BCUT2D eigenvalue weighted by Gasteiger charge is -2.22. The number of sulfone groups is 1. The number of anilines is 1. The van der Waals surface area contributed by atoms with Gasteiger partial charge in [0.25, 0.3) is 0 Å². The van der Waals surface area contributed by atoms with Crippen LogP contribution in [-0.2, 0) is 14.6 Å². The van der Waals surface area contributed by atoms with Gasteiger partial charge >= 0.3 is 0 Å². The molecule has 1 N–H and O–H groups in total. The van der Waals surface area contributed by atoms with Crippen molar-refractivity contribution in [3.63, 3.8) is 0 Å². The lowest BCUT2D eigenvalue weighted by molar-refractivity contribution is -0.118. The number of likely N-dealkylation sites (N-methyl/N-ethyl adjacent to an activating group) is 1. The normalized spacial score (nSPS) is 23.0. The number of hydrogen-bond acceptors (Lipinski definition) is 5. The van der Waals surface area contributed by atoms with Crippen molar-refractivity contribution in [2.75, 3.05) is 44.1 Å². The van der Waals surface area contributed by atoms with Crippen LogP contribution in [0.2, 0.25) is 0 Å². The van der Waals surface area contributed by atoms with E-state index in [1.807, 2.05) is 39.2 Å². The first-order valence-corrected chi connectivity index (χ1v) is 10.9. The molecule has 1 aliphatic heterocycles. The topological polar surface area (TPSA) is 75.7 Å². The summed E-state index contributed by atoms with van der Waals surface area (Å²) in [5.74, 6) is 1.17. The Morgan fingerprint density at radius 2 is 2.00 bits per heavy atom. The number of rotatable bonds is 6. The van der Waals surface area contributed by atoms with Gasteiger partial charge in [-0.25, -0.2) is 8.42 Å². The molecule has 7 heteroatoms. The molecule has 1 unspecified atom stereocenters. The third kappa shape index (κ3) is 4.38. The second-order valence-corrected chi connectivity index (χ2v) is 10.2. The molecule has 2 aliphatic rings. The van der Waals surface area contributed by atoms with E-state index in [1.165, 1.54) is 0 Å². The van der Waals surface area contributed by atoms with Gasteiger partial charge in [-0.3, -0.25) is 4.79 Å². The monoisotopic (exact) mass is 380 g/mol. The lowest BCUT2D eigenvalue weighted by Crippen LogP contribution is -2.28. The maximum Gasteiger partial charge on any atom is 0.228 e. The second kappa shape index (κ2) is 7.19. The highest BCUT2D eigenvalue weighted by Crippen LogP contribution is 2.60. The van der Waals surface area contributed by atoms with Gasteiger partial charge in [-0.1, -0.05) is 0 Å². The SMILES string of the molecule is Cc1cc(OCCN(C)C)ccc1NC(=O)C1CC12CCS(=O)(=O)CC2. The van der Waals surface area contributed by atoms with Crippen LogP contribution in [0.4, 0.5) is 5.69 Å². The zero-order valence-corrected chi connectivity index (χ0v) is 16.6. The van der Waals surface area contributed by atoms with Crippen molar-refractivity contribution in [1.29, 1.82) is 0 Å². The van der Waals surface area contributed by atoms with Gasteiger partial charge in [-0.05, 0) is 69.5 Å². The molecular formula is C19H28N2O4S. The van der Waals surface area contributed by atoms with Crippen molar-refractivity contribution in [1.82, 2.24) is 4.90 Å². The molecule has 6 nitrogen and oxygen atoms in total. The number of benzene rings is 1. The molecule has 0 bridgehead atoms. The van der Waals surface area contributed by atoms with E-state index < -0.39 is 9.84 Å². The fourth-order valence-electron chi connectivity index (χ4n) is 3.65. The molecular weight excluding hydrogens is 352 g/mol. The van der Waals surface area contributed by atoms with Crippen LogP contribution in [0.1, 0.15) is 24.8 Å². The van der Waals surface area contributed by atoms with Crippen LogP contribution in [0, 0.1) is 18.3 Å². The molecule has 144 valence electrons. The first-order chi connectivity index (χ1) is 12.2. The summed E-state index contributed by atoms with van der Waals surface area (Å²) in [4.78, 5) is 14.7. The minimum Gasteiger partial charge on any atom is -0.492 e. The first-order valence-electron chi connectivity index (χ1n) is 9.10. The zero-order valence-electron chi connectivity index (χ0n) is 15.7. The maximum absolute atomic E-state index is 12.6. The second-order valence-electron chi connectivity index (χ2n) is 7.89. The molecule has 26 heavy (non-hydrogen) atoms. The fourth-order valence-corrected chi connectivity index (χ4v) is 5.29. The number of ether oxygens (including phenoxy) is 1. The Morgan fingerprint density at radius 1 is 1.31 bits per heavy atom. The number of carbonyl (C=O) groups is 1. The number of nitrogens with one attached hydrogen (secondary N) is 1. The highest BCUT2D eigenvalue weighted by Gasteiger charge is 2.59. The Balaban J connectivity index is 1.55. The fraction of sp³-hybridized carbons (Fsp3) is 0.632. The van der Waals surface area contributed by atoms with Gasteiger partial charge in [0, 0.05) is 18.2 Å². The molecule has 1 spiro atoms. The van der Waals surface area contributed by atoms with Crippen molar-refractivity contribution in [3.05, 3.63) is 23.8 Å². The van der Waals surface area contributed by atoms with Crippen LogP contribution in [0.3, 0.4) is 0 Å². The van der Waals surface area contributed by atoms with Crippen LogP contribution in [-0.4, -0.2) is 58.0 Å². The van der Waals surface area contributed by atoms with E-state index in [1.54, 1.807) is 0 Å². The number of carbonyl (C=O) groups excluding carboxylic acids is 1. The molecule has 1 saturated carbocycles. The number of hydrogen-bond donors (Lipinski definition) is 1. The van der Waals surface area contributed by atoms with Crippen LogP contribution < -0.4 is 10.1 Å². The summed E-state index contributed by atoms with van der Waals surface area (Å²) in [6, 6.07) is 5.67. The molecule has 1 aromatic carbocycles. The van der Waals surface area contributed by atoms with Crippen LogP contribution >= 0.6 is 0 Å². The van der Waals surface area contributed by atoms with Crippen LogP contribution in [0.15, 0.2) is 18.2 Å². The predicted molar refractivity (Wildman–Crippen MR) is 102 cm³/mol. The molecule has 1 amide bonds.